The molecule has 1 aliphatic rings. The van der Waals surface area contributed by atoms with E-state index in [2.05, 4.69) is 15.1 Å². The van der Waals surface area contributed by atoms with Gasteiger partial charge >= 0.3 is 0 Å². The zero-order valence-electron chi connectivity index (χ0n) is 10.5. The Morgan fingerprint density at radius 2 is 1.60 bits per heavy atom. The highest BCUT2D eigenvalue weighted by Crippen LogP contribution is 2.34. The number of hydrogen-bond donors (Lipinski definition) is 0. The molecule has 0 radical (unpaired) electrons. The van der Waals surface area contributed by atoms with E-state index in [4.69, 9.17) is 15.4 Å². The molecule has 94 valence electrons. The lowest BCUT2D eigenvalue weighted by molar-refractivity contribution is 0.214. The van der Waals surface area contributed by atoms with Crippen molar-refractivity contribution in [2.45, 2.75) is 0 Å². The van der Waals surface area contributed by atoms with Crippen LogP contribution in [0.2, 0.25) is 0 Å². The third kappa shape index (κ3) is 1.53. The van der Waals surface area contributed by atoms with Crippen molar-refractivity contribution in [3.63, 3.8) is 0 Å². The molecule has 1 aliphatic carbocycles. The van der Waals surface area contributed by atoms with Gasteiger partial charge in [0, 0.05) is 11.1 Å². The van der Waals surface area contributed by atoms with Gasteiger partial charge in [-0.05, 0) is 0 Å². The minimum Gasteiger partial charge on any atom is -0.399 e. The lowest BCUT2D eigenvalue weighted by Crippen LogP contribution is -2.05. The molecule has 0 atom stereocenters. The lowest BCUT2D eigenvalue weighted by atomic mass is 10.1. The van der Waals surface area contributed by atoms with Crippen LogP contribution in [0.25, 0.3) is 11.3 Å². The number of nitriles is 2. The maximum Gasteiger partial charge on any atom is 0.177 e. The van der Waals surface area contributed by atoms with E-state index >= 15 is 0 Å². The molecule has 0 amide bonds. The molecule has 0 bridgehead atoms. The fourth-order valence-corrected chi connectivity index (χ4v) is 2.15. The molecular weight excluding hydrogens is 254 g/mol. The molecule has 20 heavy (non-hydrogen) atoms. The standard InChI is InChI=1S/C14H7N5O/c1-20-19-13-9-5-3-2-4-8(9)12-14(13)18-11(7-16)10(6-15)17-12/h2-5H,1H3/b19-13+. The Kier molecular flexibility index (Phi) is 2.63. The molecule has 1 aromatic carbocycles. The average Bonchev–Trinajstić information content (AvgIpc) is 2.80. The Hall–Kier alpha value is -3.25. The molecule has 0 N–H and O–H groups in total. The molecule has 6 nitrogen and oxygen atoms in total. The summed E-state index contributed by atoms with van der Waals surface area (Å²) in [4.78, 5) is 13.3. The Balaban J connectivity index is 2.38. The quantitative estimate of drug-likeness (QED) is 0.620. The minimum atomic E-state index is -0.0112. The lowest BCUT2D eigenvalue weighted by Gasteiger charge is -2.00. The number of oxime groups is 1. The van der Waals surface area contributed by atoms with Crippen LogP contribution in [0.3, 0.4) is 0 Å². The highest BCUT2D eigenvalue weighted by Gasteiger charge is 2.30. The first kappa shape index (κ1) is 11.8. The molecule has 1 aromatic heterocycles. The molecular formula is C14H7N5O. The van der Waals surface area contributed by atoms with Crippen LogP contribution in [0, 0.1) is 22.7 Å². The fraction of sp³-hybridized carbons (Fsp3) is 0.0714. The van der Waals surface area contributed by atoms with Gasteiger partial charge in [0.25, 0.3) is 0 Å². The zero-order chi connectivity index (χ0) is 14.1. The summed E-state index contributed by atoms with van der Waals surface area (Å²) in [6.07, 6.45) is 0. The second-order valence-corrected chi connectivity index (χ2v) is 4.01. The molecule has 2 aromatic rings. The topological polar surface area (TPSA) is 95.0 Å². The Bertz CT molecular complexity index is 826. The SMILES string of the molecule is CO/N=C1\c2ccccc2-c2nc(C#N)c(C#N)nc21. The number of aromatic nitrogens is 2. The Morgan fingerprint density at radius 3 is 2.20 bits per heavy atom. The Morgan fingerprint density at radius 1 is 1.00 bits per heavy atom. The van der Waals surface area contributed by atoms with E-state index in [1.54, 1.807) is 0 Å². The van der Waals surface area contributed by atoms with Crippen LogP contribution >= 0.6 is 0 Å². The van der Waals surface area contributed by atoms with Gasteiger partial charge in [-0.25, -0.2) is 9.97 Å². The number of benzene rings is 1. The van der Waals surface area contributed by atoms with E-state index in [0.717, 1.165) is 11.1 Å². The molecule has 0 fully saturated rings. The average molecular weight is 261 g/mol. The van der Waals surface area contributed by atoms with Gasteiger partial charge in [-0.15, -0.1) is 0 Å². The van der Waals surface area contributed by atoms with Crippen LogP contribution in [0.1, 0.15) is 22.6 Å². The second-order valence-electron chi connectivity index (χ2n) is 4.01. The van der Waals surface area contributed by atoms with Crippen LogP contribution in [-0.2, 0) is 4.84 Å². The van der Waals surface area contributed by atoms with E-state index in [-0.39, 0.29) is 11.4 Å². The van der Waals surface area contributed by atoms with Gasteiger partial charge in [0.2, 0.25) is 0 Å². The largest absolute Gasteiger partial charge is 0.399 e. The molecule has 0 unspecified atom stereocenters. The summed E-state index contributed by atoms with van der Waals surface area (Å²) in [5, 5.41) is 22.0. The molecule has 6 heteroatoms. The molecule has 0 saturated heterocycles. The fourth-order valence-electron chi connectivity index (χ4n) is 2.15. The van der Waals surface area contributed by atoms with Crippen molar-refractivity contribution in [3.05, 3.63) is 46.9 Å². The summed E-state index contributed by atoms with van der Waals surface area (Å²) in [6, 6.07) is 11.2. The first-order valence-corrected chi connectivity index (χ1v) is 5.73. The third-order valence-corrected chi connectivity index (χ3v) is 2.95. The normalized spacial score (nSPS) is 13.2. The van der Waals surface area contributed by atoms with Crippen molar-refractivity contribution in [1.82, 2.24) is 9.97 Å². The summed E-state index contributed by atoms with van der Waals surface area (Å²) in [7, 11) is 1.44. The van der Waals surface area contributed by atoms with Crippen molar-refractivity contribution >= 4 is 5.71 Å². The van der Waals surface area contributed by atoms with Gasteiger partial charge in [-0.2, -0.15) is 10.5 Å². The summed E-state index contributed by atoms with van der Waals surface area (Å²) in [5.41, 5.74) is 3.18. The summed E-state index contributed by atoms with van der Waals surface area (Å²) in [6.45, 7) is 0. The summed E-state index contributed by atoms with van der Waals surface area (Å²) in [5.74, 6) is 0. The molecule has 3 rings (SSSR count). The molecule has 0 saturated carbocycles. The molecule has 1 heterocycles. The van der Waals surface area contributed by atoms with E-state index < -0.39 is 0 Å². The van der Waals surface area contributed by atoms with Crippen LogP contribution in [0.4, 0.5) is 0 Å². The van der Waals surface area contributed by atoms with Crippen molar-refractivity contribution in [1.29, 1.82) is 10.5 Å². The minimum absolute atomic E-state index is 0.0112. The first-order chi connectivity index (χ1) is 9.80. The van der Waals surface area contributed by atoms with Gasteiger partial charge in [0.15, 0.2) is 11.4 Å². The summed E-state index contributed by atoms with van der Waals surface area (Å²) < 4.78 is 0. The van der Waals surface area contributed by atoms with Gasteiger partial charge in [-0.3, -0.25) is 0 Å². The maximum atomic E-state index is 9.04. The predicted molar refractivity (Wildman–Crippen MR) is 69.5 cm³/mol. The molecule has 0 aliphatic heterocycles. The van der Waals surface area contributed by atoms with Gasteiger partial charge < -0.3 is 4.84 Å². The van der Waals surface area contributed by atoms with Crippen molar-refractivity contribution < 1.29 is 4.84 Å². The number of rotatable bonds is 1. The van der Waals surface area contributed by atoms with Crippen LogP contribution in [-0.4, -0.2) is 22.8 Å². The van der Waals surface area contributed by atoms with E-state index in [0.29, 0.717) is 17.1 Å². The van der Waals surface area contributed by atoms with E-state index in [1.807, 2.05) is 36.4 Å². The smallest absolute Gasteiger partial charge is 0.177 e. The first-order valence-electron chi connectivity index (χ1n) is 5.73. The van der Waals surface area contributed by atoms with E-state index in [1.165, 1.54) is 7.11 Å². The van der Waals surface area contributed by atoms with Crippen molar-refractivity contribution in [2.24, 2.45) is 5.16 Å². The number of fused-ring (bicyclic) bond motifs is 3. The van der Waals surface area contributed by atoms with Crippen LogP contribution < -0.4 is 0 Å². The van der Waals surface area contributed by atoms with Gasteiger partial charge in [0.1, 0.15) is 36.3 Å². The molecule has 0 spiro atoms. The highest BCUT2D eigenvalue weighted by molar-refractivity contribution is 6.22. The Labute approximate surface area is 114 Å². The van der Waals surface area contributed by atoms with Gasteiger partial charge in [-0.1, -0.05) is 29.4 Å². The van der Waals surface area contributed by atoms with Crippen LogP contribution in [0.15, 0.2) is 29.4 Å². The van der Waals surface area contributed by atoms with Crippen molar-refractivity contribution in [3.8, 4) is 23.4 Å². The van der Waals surface area contributed by atoms with Crippen LogP contribution in [0.5, 0.6) is 0 Å². The highest BCUT2D eigenvalue weighted by atomic mass is 16.6. The predicted octanol–water partition coefficient (Wildman–Crippen LogP) is 1.60. The van der Waals surface area contributed by atoms with Gasteiger partial charge in [0.05, 0.1) is 0 Å². The summed E-state index contributed by atoms with van der Waals surface area (Å²) >= 11 is 0. The van der Waals surface area contributed by atoms with Crippen molar-refractivity contribution in [2.75, 3.05) is 7.11 Å². The number of nitrogens with zero attached hydrogens (tertiary/aromatic N) is 5. The third-order valence-electron chi connectivity index (χ3n) is 2.95. The van der Waals surface area contributed by atoms with E-state index in [9.17, 15) is 0 Å². The maximum absolute atomic E-state index is 9.04. The zero-order valence-corrected chi connectivity index (χ0v) is 10.5. The number of hydrogen-bond acceptors (Lipinski definition) is 6. The monoisotopic (exact) mass is 261 g/mol. The second kappa shape index (κ2) is 4.45.